The Balaban J connectivity index is 1.68. The van der Waals surface area contributed by atoms with Crippen molar-refractivity contribution in [3.8, 4) is 0 Å². The standard InChI is InChI=1S/C17H23N3/c1-14-18-11-17(19(14)2)13-20-10-6-9-16(12-20)15-7-4-3-5-8-15/h3-5,7-8,11,16H,6,9-10,12-13H2,1-2H3/t16-/m0/s1. The highest BCUT2D eigenvalue weighted by molar-refractivity contribution is 5.20. The molecule has 20 heavy (non-hydrogen) atoms. The minimum atomic E-state index is 0.680. The SMILES string of the molecule is Cc1ncc(CN2CCC[C@H](c3ccccc3)C2)n1C. The van der Waals surface area contributed by atoms with E-state index in [1.807, 2.05) is 6.20 Å². The minimum absolute atomic E-state index is 0.680. The Labute approximate surface area is 121 Å². The lowest BCUT2D eigenvalue weighted by molar-refractivity contribution is 0.196. The van der Waals surface area contributed by atoms with Crippen LogP contribution in [0.2, 0.25) is 0 Å². The molecule has 0 aliphatic carbocycles. The van der Waals surface area contributed by atoms with Crippen LogP contribution >= 0.6 is 0 Å². The number of rotatable bonds is 3. The number of nitrogens with zero attached hydrogens (tertiary/aromatic N) is 3. The number of hydrogen-bond donors (Lipinski definition) is 0. The van der Waals surface area contributed by atoms with E-state index in [1.165, 1.54) is 30.6 Å². The highest BCUT2D eigenvalue weighted by Gasteiger charge is 2.21. The smallest absolute Gasteiger partial charge is 0.105 e. The molecule has 1 aliphatic rings. The molecule has 0 radical (unpaired) electrons. The maximum absolute atomic E-state index is 4.40. The van der Waals surface area contributed by atoms with Crippen LogP contribution < -0.4 is 0 Å². The molecule has 1 saturated heterocycles. The quantitative estimate of drug-likeness (QED) is 0.853. The summed E-state index contributed by atoms with van der Waals surface area (Å²) in [6.07, 6.45) is 4.61. The van der Waals surface area contributed by atoms with Crippen molar-refractivity contribution < 1.29 is 0 Å². The molecule has 1 aromatic carbocycles. The third-order valence-electron chi connectivity index (χ3n) is 4.48. The largest absolute Gasteiger partial charge is 0.334 e. The van der Waals surface area contributed by atoms with Gasteiger partial charge in [-0.3, -0.25) is 4.90 Å². The zero-order valence-corrected chi connectivity index (χ0v) is 12.4. The van der Waals surface area contributed by atoms with Gasteiger partial charge in [0, 0.05) is 26.3 Å². The molecule has 3 heteroatoms. The Hall–Kier alpha value is -1.61. The van der Waals surface area contributed by atoms with Gasteiger partial charge in [0.25, 0.3) is 0 Å². The number of likely N-dealkylation sites (tertiary alicyclic amines) is 1. The van der Waals surface area contributed by atoms with Crippen LogP contribution in [0.1, 0.15) is 35.8 Å². The van der Waals surface area contributed by atoms with Crippen molar-refractivity contribution in [3.05, 3.63) is 53.6 Å². The third kappa shape index (κ3) is 2.78. The van der Waals surface area contributed by atoms with Crippen LogP contribution in [0.4, 0.5) is 0 Å². The van der Waals surface area contributed by atoms with Crippen LogP contribution in [0.15, 0.2) is 36.5 Å². The number of aromatic nitrogens is 2. The van der Waals surface area contributed by atoms with E-state index in [2.05, 4.69) is 58.8 Å². The number of piperidine rings is 1. The van der Waals surface area contributed by atoms with Crippen molar-refractivity contribution in [2.75, 3.05) is 13.1 Å². The summed E-state index contributed by atoms with van der Waals surface area (Å²) in [5.74, 6) is 1.77. The van der Waals surface area contributed by atoms with Gasteiger partial charge in [0.15, 0.2) is 0 Å². The average Bonchev–Trinajstić information content (AvgIpc) is 2.81. The Morgan fingerprint density at radius 2 is 2.05 bits per heavy atom. The van der Waals surface area contributed by atoms with Crippen molar-refractivity contribution in [2.24, 2.45) is 7.05 Å². The Kier molecular flexibility index (Phi) is 3.88. The molecule has 0 saturated carbocycles. The van der Waals surface area contributed by atoms with Crippen LogP contribution in [0.5, 0.6) is 0 Å². The van der Waals surface area contributed by atoms with Crippen LogP contribution in [0.25, 0.3) is 0 Å². The highest BCUT2D eigenvalue weighted by atomic mass is 15.2. The number of aryl methyl sites for hydroxylation is 1. The summed E-state index contributed by atoms with van der Waals surface area (Å²) >= 11 is 0. The molecule has 2 heterocycles. The summed E-state index contributed by atoms with van der Waals surface area (Å²) < 4.78 is 2.20. The van der Waals surface area contributed by atoms with E-state index in [1.54, 1.807) is 0 Å². The van der Waals surface area contributed by atoms with Gasteiger partial charge >= 0.3 is 0 Å². The Morgan fingerprint density at radius 1 is 1.25 bits per heavy atom. The maximum Gasteiger partial charge on any atom is 0.105 e. The second kappa shape index (κ2) is 5.80. The molecule has 3 rings (SSSR count). The molecule has 0 amide bonds. The first kappa shape index (κ1) is 13.4. The zero-order chi connectivity index (χ0) is 13.9. The molecular weight excluding hydrogens is 246 g/mol. The van der Waals surface area contributed by atoms with Gasteiger partial charge < -0.3 is 4.57 Å². The van der Waals surface area contributed by atoms with Crippen molar-refractivity contribution >= 4 is 0 Å². The molecule has 0 N–H and O–H groups in total. The van der Waals surface area contributed by atoms with Gasteiger partial charge in [0.05, 0.1) is 5.69 Å². The van der Waals surface area contributed by atoms with E-state index in [4.69, 9.17) is 0 Å². The summed E-state index contributed by atoms with van der Waals surface area (Å²) in [6.45, 7) is 5.44. The summed E-state index contributed by atoms with van der Waals surface area (Å²) in [6, 6.07) is 10.9. The molecule has 1 fully saturated rings. The molecule has 1 atom stereocenters. The van der Waals surface area contributed by atoms with Crippen molar-refractivity contribution in [2.45, 2.75) is 32.2 Å². The molecule has 0 spiro atoms. The molecule has 106 valence electrons. The summed E-state index contributed by atoms with van der Waals surface area (Å²) in [4.78, 5) is 6.96. The van der Waals surface area contributed by atoms with E-state index in [-0.39, 0.29) is 0 Å². The van der Waals surface area contributed by atoms with E-state index in [0.717, 1.165) is 18.9 Å². The molecule has 3 nitrogen and oxygen atoms in total. The summed E-state index contributed by atoms with van der Waals surface area (Å²) in [5, 5.41) is 0. The topological polar surface area (TPSA) is 21.1 Å². The monoisotopic (exact) mass is 269 g/mol. The fourth-order valence-corrected chi connectivity index (χ4v) is 3.12. The fraction of sp³-hybridized carbons (Fsp3) is 0.471. The summed E-state index contributed by atoms with van der Waals surface area (Å²) in [5.41, 5.74) is 2.80. The van der Waals surface area contributed by atoms with Gasteiger partial charge in [-0.05, 0) is 37.8 Å². The number of benzene rings is 1. The number of imidazole rings is 1. The fourth-order valence-electron chi connectivity index (χ4n) is 3.12. The van der Waals surface area contributed by atoms with Crippen LogP contribution in [0, 0.1) is 6.92 Å². The molecular formula is C17H23N3. The van der Waals surface area contributed by atoms with E-state index < -0.39 is 0 Å². The van der Waals surface area contributed by atoms with Crippen LogP contribution in [-0.4, -0.2) is 27.5 Å². The minimum Gasteiger partial charge on any atom is -0.334 e. The summed E-state index contributed by atoms with van der Waals surface area (Å²) in [7, 11) is 2.11. The zero-order valence-electron chi connectivity index (χ0n) is 12.4. The van der Waals surface area contributed by atoms with Gasteiger partial charge in [-0.1, -0.05) is 30.3 Å². The number of hydrogen-bond acceptors (Lipinski definition) is 2. The van der Waals surface area contributed by atoms with Gasteiger partial charge in [0.2, 0.25) is 0 Å². The van der Waals surface area contributed by atoms with Gasteiger partial charge in [-0.2, -0.15) is 0 Å². The Morgan fingerprint density at radius 3 is 2.75 bits per heavy atom. The molecule has 1 aliphatic heterocycles. The van der Waals surface area contributed by atoms with Gasteiger partial charge in [-0.25, -0.2) is 4.98 Å². The first-order valence-electron chi connectivity index (χ1n) is 7.48. The van der Waals surface area contributed by atoms with Crippen LogP contribution in [-0.2, 0) is 13.6 Å². The average molecular weight is 269 g/mol. The lowest BCUT2D eigenvalue weighted by Crippen LogP contribution is -2.34. The van der Waals surface area contributed by atoms with Crippen molar-refractivity contribution in [3.63, 3.8) is 0 Å². The maximum atomic E-state index is 4.40. The third-order valence-corrected chi connectivity index (χ3v) is 4.48. The first-order valence-corrected chi connectivity index (χ1v) is 7.48. The van der Waals surface area contributed by atoms with Crippen molar-refractivity contribution in [1.29, 1.82) is 0 Å². The molecule has 0 bridgehead atoms. The van der Waals surface area contributed by atoms with E-state index in [9.17, 15) is 0 Å². The second-order valence-electron chi connectivity index (χ2n) is 5.84. The van der Waals surface area contributed by atoms with Crippen LogP contribution in [0.3, 0.4) is 0 Å². The predicted molar refractivity (Wildman–Crippen MR) is 81.6 cm³/mol. The van der Waals surface area contributed by atoms with Gasteiger partial charge in [-0.15, -0.1) is 0 Å². The lowest BCUT2D eigenvalue weighted by atomic mass is 9.90. The predicted octanol–water partition coefficient (Wildman–Crippen LogP) is 3.11. The normalized spacial score (nSPS) is 20.2. The molecule has 1 aromatic heterocycles. The Bertz CT molecular complexity index is 559. The van der Waals surface area contributed by atoms with Gasteiger partial charge in [0.1, 0.15) is 5.82 Å². The van der Waals surface area contributed by atoms with E-state index >= 15 is 0 Å². The molecule has 0 unspecified atom stereocenters. The highest BCUT2D eigenvalue weighted by Crippen LogP contribution is 2.27. The first-order chi connectivity index (χ1) is 9.74. The van der Waals surface area contributed by atoms with Crippen molar-refractivity contribution in [1.82, 2.24) is 14.5 Å². The second-order valence-corrected chi connectivity index (χ2v) is 5.84. The molecule has 2 aromatic rings. The lowest BCUT2D eigenvalue weighted by Gasteiger charge is -2.33. The van der Waals surface area contributed by atoms with E-state index in [0.29, 0.717) is 5.92 Å².